The molecule has 1 aliphatic heterocycles. The van der Waals surface area contributed by atoms with E-state index in [1.807, 2.05) is 13.1 Å². The molecule has 2 aromatic rings. The number of carbonyl (C=O) groups is 1. The number of rotatable bonds is 5. The predicted octanol–water partition coefficient (Wildman–Crippen LogP) is 3.29. The molecule has 0 saturated carbocycles. The number of esters is 1. The molecule has 0 atom stereocenters. The van der Waals surface area contributed by atoms with Gasteiger partial charge in [0.15, 0.2) is 0 Å². The van der Waals surface area contributed by atoms with Crippen LogP contribution in [0.4, 0.5) is 5.00 Å². The Morgan fingerprint density at radius 2 is 1.90 bits per heavy atom. The molecule has 0 spiro atoms. The highest BCUT2D eigenvalue weighted by Gasteiger charge is 2.41. The number of thiophene rings is 2. The van der Waals surface area contributed by atoms with E-state index in [1.165, 1.54) is 20.1 Å². The zero-order valence-corrected chi connectivity index (χ0v) is 20.3. The number of nitriles is 1. The average Bonchev–Trinajstić information content (AvgIpc) is 3.26. The Bertz CT molecular complexity index is 1020. The minimum atomic E-state index is -1.83. The summed E-state index contributed by atoms with van der Waals surface area (Å²) in [5.41, 5.74) is -0.615. The van der Waals surface area contributed by atoms with Crippen molar-refractivity contribution in [2.45, 2.75) is 39.5 Å². The minimum absolute atomic E-state index is 0.0223. The van der Waals surface area contributed by atoms with Crippen molar-refractivity contribution in [3.05, 3.63) is 22.6 Å². The maximum absolute atomic E-state index is 12.3. The van der Waals surface area contributed by atoms with E-state index in [0.717, 1.165) is 9.88 Å². The van der Waals surface area contributed by atoms with Crippen LogP contribution >= 0.6 is 22.7 Å². The van der Waals surface area contributed by atoms with Gasteiger partial charge >= 0.3 is 5.97 Å². The number of hydrogen-bond donors (Lipinski definition) is 1. The summed E-state index contributed by atoms with van der Waals surface area (Å²) in [7, 11) is 0.163. The van der Waals surface area contributed by atoms with Gasteiger partial charge in [-0.1, -0.05) is 13.1 Å². The summed E-state index contributed by atoms with van der Waals surface area (Å²) in [6, 6.07) is 6.39. The molecule has 154 valence electrons. The van der Waals surface area contributed by atoms with Gasteiger partial charge in [-0.15, -0.1) is 22.7 Å². The summed E-state index contributed by atoms with van der Waals surface area (Å²) in [4.78, 5) is 17.8. The molecule has 1 N–H and O–H groups in total. The smallest absolute Gasteiger partial charge is 0.349 e. The Balaban J connectivity index is 1.98. The molecule has 0 aromatic carbocycles. The molecule has 0 amide bonds. The van der Waals surface area contributed by atoms with Crippen molar-refractivity contribution < 1.29 is 14.6 Å². The van der Waals surface area contributed by atoms with Crippen molar-refractivity contribution in [3.8, 4) is 15.8 Å². The highest BCUT2D eigenvalue weighted by atomic mass is 32.1. The number of anilines is 1. The third-order valence-corrected chi connectivity index (χ3v) is 11.2. The molecule has 1 aliphatic rings. The Hall–Kier alpha value is -1.92. The highest BCUT2D eigenvalue weighted by molar-refractivity contribution is 7.30. The second-order valence-electron chi connectivity index (χ2n) is 8.66. The zero-order chi connectivity index (χ0) is 21.6. The molecule has 5 nitrogen and oxygen atoms in total. The van der Waals surface area contributed by atoms with Gasteiger partial charge in [0.2, 0.25) is 0 Å². The first-order valence-corrected chi connectivity index (χ1v) is 14.1. The lowest BCUT2D eigenvalue weighted by molar-refractivity contribution is -0.149. The predicted molar refractivity (Wildman–Crippen MR) is 124 cm³/mol. The molecule has 0 radical (unpaired) electrons. The van der Waals surface area contributed by atoms with Gasteiger partial charge in [-0.05, 0) is 49.4 Å². The summed E-state index contributed by atoms with van der Waals surface area (Å²) in [6.45, 7) is 10.8. The van der Waals surface area contributed by atoms with Gasteiger partial charge in [-0.25, -0.2) is 4.79 Å². The fraction of sp³-hybridized carbons (Fsp3) is 0.429. The minimum Gasteiger partial charge on any atom is -0.456 e. The van der Waals surface area contributed by atoms with Gasteiger partial charge in [0, 0.05) is 28.2 Å². The van der Waals surface area contributed by atoms with Crippen LogP contribution in [-0.2, 0) is 9.53 Å². The number of fused-ring (bicyclic) bond motifs is 3. The van der Waals surface area contributed by atoms with E-state index in [1.54, 1.807) is 49.5 Å². The molecule has 2 aromatic heterocycles. The summed E-state index contributed by atoms with van der Waals surface area (Å²) < 4.78 is 5.35. The van der Waals surface area contributed by atoms with Gasteiger partial charge < -0.3 is 14.7 Å². The van der Waals surface area contributed by atoms with Crippen molar-refractivity contribution in [1.29, 1.82) is 5.26 Å². The van der Waals surface area contributed by atoms with E-state index in [9.17, 15) is 15.2 Å². The van der Waals surface area contributed by atoms with E-state index >= 15 is 0 Å². The lowest BCUT2D eigenvalue weighted by atomic mass is 10.2. The van der Waals surface area contributed by atoms with Crippen LogP contribution in [-0.4, -0.2) is 45.0 Å². The number of nitrogens with zero attached hydrogens (tertiary/aromatic N) is 2. The molecular formula is C21H26N2O3S2Si. The van der Waals surface area contributed by atoms with Crippen molar-refractivity contribution in [2.24, 2.45) is 0 Å². The van der Waals surface area contributed by atoms with Gasteiger partial charge in [0.05, 0.1) is 11.6 Å². The lowest BCUT2D eigenvalue weighted by Gasteiger charge is -2.19. The molecule has 0 bridgehead atoms. The summed E-state index contributed by atoms with van der Waals surface area (Å²) in [5, 5.41) is 22.6. The molecule has 8 heteroatoms. The Morgan fingerprint density at radius 1 is 1.28 bits per heavy atom. The first-order chi connectivity index (χ1) is 13.5. The molecule has 0 unspecified atom stereocenters. The topological polar surface area (TPSA) is 73.6 Å². The summed E-state index contributed by atoms with van der Waals surface area (Å²) in [5.74, 6) is -0.588. The quantitative estimate of drug-likeness (QED) is 0.330. The molecular weight excluding hydrogens is 420 g/mol. The zero-order valence-electron chi connectivity index (χ0n) is 17.6. The lowest BCUT2D eigenvalue weighted by Crippen LogP contribution is -2.48. The van der Waals surface area contributed by atoms with Crippen molar-refractivity contribution in [1.82, 2.24) is 0 Å². The van der Waals surface area contributed by atoms with Crippen LogP contribution in [0.5, 0.6) is 0 Å². The molecule has 3 rings (SSSR count). The number of aliphatic hydroxyl groups is 1. The van der Waals surface area contributed by atoms with Crippen LogP contribution in [0.15, 0.2) is 17.7 Å². The number of likely N-dealkylation sites (N-methyl/N-ethyl adjacent to an activating group) is 1. The van der Waals surface area contributed by atoms with E-state index in [4.69, 9.17) is 4.74 Å². The Kier molecular flexibility index (Phi) is 5.80. The van der Waals surface area contributed by atoms with Gasteiger partial charge in [-0.3, -0.25) is 0 Å². The van der Waals surface area contributed by atoms with Crippen LogP contribution in [0.25, 0.3) is 15.8 Å². The molecule has 0 fully saturated rings. The maximum atomic E-state index is 12.3. The molecule has 3 heterocycles. The fourth-order valence-electron chi connectivity index (χ4n) is 3.33. The summed E-state index contributed by atoms with van der Waals surface area (Å²) in [6.07, 6.45) is 1.65. The molecule has 0 saturated heterocycles. The second kappa shape index (κ2) is 7.72. The van der Waals surface area contributed by atoms with Crippen molar-refractivity contribution >= 4 is 58.2 Å². The first-order valence-electron chi connectivity index (χ1n) is 9.44. The first kappa shape index (κ1) is 21.8. The van der Waals surface area contributed by atoms with Crippen LogP contribution in [0.3, 0.4) is 0 Å². The second-order valence-corrected chi connectivity index (χ2v) is 15.1. The van der Waals surface area contributed by atoms with Gasteiger partial charge in [0.1, 0.15) is 25.3 Å². The SMILES string of the molecule is CN(CCO)c1cc2c(s1)-c1sc(/C=C(\C#N)C(=O)OC(C)(C)C)cc1[Si]2(C)C. The maximum Gasteiger partial charge on any atom is 0.349 e. The van der Waals surface area contributed by atoms with E-state index in [2.05, 4.69) is 30.1 Å². The van der Waals surface area contributed by atoms with Crippen molar-refractivity contribution in [2.75, 3.05) is 25.1 Å². The Labute approximate surface area is 180 Å². The average molecular weight is 447 g/mol. The van der Waals surface area contributed by atoms with E-state index in [-0.39, 0.29) is 12.2 Å². The molecule has 0 aliphatic carbocycles. The third-order valence-electron chi connectivity index (χ3n) is 4.86. The number of aliphatic hydroxyl groups excluding tert-OH is 1. The van der Waals surface area contributed by atoms with E-state index < -0.39 is 19.6 Å². The number of hydrogen-bond acceptors (Lipinski definition) is 7. The number of ether oxygens (including phenoxy) is 1. The Morgan fingerprint density at radius 3 is 2.48 bits per heavy atom. The monoisotopic (exact) mass is 446 g/mol. The van der Waals surface area contributed by atoms with Gasteiger partial charge in [-0.2, -0.15) is 5.26 Å². The van der Waals surface area contributed by atoms with Crippen LogP contribution < -0.4 is 15.3 Å². The van der Waals surface area contributed by atoms with Crippen LogP contribution in [0, 0.1) is 11.3 Å². The summed E-state index contributed by atoms with van der Waals surface area (Å²) >= 11 is 3.38. The van der Waals surface area contributed by atoms with E-state index in [0.29, 0.717) is 6.54 Å². The van der Waals surface area contributed by atoms with Crippen LogP contribution in [0.1, 0.15) is 25.6 Å². The van der Waals surface area contributed by atoms with Crippen LogP contribution in [0.2, 0.25) is 13.1 Å². The standard InChI is InChI=1S/C21H26N2O3S2Si/c1-21(2,3)26-20(25)13(12-22)9-14-10-15-18(27-14)19-16(29(15,5)6)11-17(28-19)23(4)7-8-24/h9-11,24H,7-8H2,1-6H3/b13-9+. The largest absolute Gasteiger partial charge is 0.456 e. The molecule has 29 heavy (non-hydrogen) atoms. The fourth-order valence-corrected chi connectivity index (χ4v) is 10.5. The number of carbonyl (C=O) groups excluding carboxylic acids is 1. The normalized spacial score (nSPS) is 14.9. The van der Waals surface area contributed by atoms with Gasteiger partial charge in [0.25, 0.3) is 0 Å². The van der Waals surface area contributed by atoms with Crippen molar-refractivity contribution in [3.63, 3.8) is 0 Å². The highest BCUT2D eigenvalue weighted by Crippen LogP contribution is 2.42. The third kappa shape index (κ3) is 4.19.